The zero-order valence-corrected chi connectivity index (χ0v) is 11.2. The zero-order chi connectivity index (χ0) is 14.0. The number of rotatable bonds is 2. The van der Waals surface area contributed by atoms with E-state index in [4.69, 9.17) is 21.4 Å². The summed E-state index contributed by atoms with van der Waals surface area (Å²) in [4.78, 5) is 13.9. The number of hydrogen-bond donors (Lipinski definition) is 1. The van der Waals surface area contributed by atoms with Crippen LogP contribution < -0.4 is 0 Å². The van der Waals surface area contributed by atoms with Crippen molar-refractivity contribution in [1.82, 2.24) is 4.90 Å². The standard InChI is InChI=1S/C13H15ClFNO3/c1-8-5-16(6-10(7-17)19-8)13(18)11-3-2-9(15)4-12(11)14/h2-4,8,10,17H,5-7H2,1H3. The van der Waals surface area contributed by atoms with Crippen molar-refractivity contribution in [2.45, 2.75) is 19.1 Å². The predicted molar refractivity (Wildman–Crippen MR) is 68.7 cm³/mol. The molecule has 0 saturated carbocycles. The van der Waals surface area contributed by atoms with Gasteiger partial charge >= 0.3 is 0 Å². The van der Waals surface area contributed by atoms with Crippen LogP contribution in [-0.4, -0.2) is 47.8 Å². The number of ether oxygens (including phenoxy) is 1. The molecule has 4 nitrogen and oxygen atoms in total. The van der Waals surface area contributed by atoms with E-state index in [0.29, 0.717) is 13.1 Å². The maximum atomic E-state index is 13.0. The molecule has 1 saturated heterocycles. The van der Waals surface area contributed by atoms with E-state index in [-0.39, 0.29) is 29.2 Å². The van der Waals surface area contributed by atoms with Crippen molar-refractivity contribution in [3.63, 3.8) is 0 Å². The van der Waals surface area contributed by atoms with Crippen molar-refractivity contribution in [3.8, 4) is 0 Å². The first-order valence-corrected chi connectivity index (χ1v) is 6.39. The first-order valence-electron chi connectivity index (χ1n) is 6.02. The Balaban J connectivity index is 2.18. The first kappa shape index (κ1) is 14.2. The van der Waals surface area contributed by atoms with Gasteiger partial charge in [-0.1, -0.05) is 11.6 Å². The average molecular weight is 288 g/mol. The minimum Gasteiger partial charge on any atom is -0.394 e. The Morgan fingerprint density at radius 2 is 2.32 bits per heavy atom. The highest BCUT2D eigenvalue weighted by Gasteiger charge is 2.29. The summed E-state index contributed by atoms with van der Waals surface area (Å²) in [7, 11) is 0. The molecular formula is C13H15ClFNO3. The highest BCUT2D eigenvalue weighted by atomic mass is 35.5. The Hall–Kier alpha value is -1.17. The summed E-state index contributed by atoms with van der Waals surface area (Å²) >= 11 is 5.88. The molecule has 6 heteroatoms. The van der Waals surface area contributed by atoms with E-state index in [1.807, 2.05) is 6.92 Å². The van der Waals surface area contributed by atoms with Crippen LogP contribution in [0.2, 0.25) is 5.02 Å². The monoisotopic (exact) mass is 287 g/mol. The lowest BCUT2D eigenvalue weighted by atomic mass is 10.1. The number of aliphatic hydroxyl groups excluding tert-OH is 1. The SMILES string of the molecule is CC1CN(C(=O)c2ccc(F)cc2Cl)CC(CO)O1. The fraction of sp³-hybridized carbons (Fsp3) is 0.462. The topological polar surface area (TPSA) is 49.8 Å². The molecule has 19 heavy (non-hydrogen) atoms. The smallest absolute Gasteiger partial charge is 0.255 e. The molecule has 1 aliphatic rings. The molecule has 1 N–H and O–H groups in total. The minimum absolute atomic E-state index is 0.0877. The lowest BCUT2D eigenvalue weighted by Crippen LogP contribution is -2.50. The van der Waals surface area contributed by atoms with Crippen molar-refractivity contribution in [2.24, 2.45) is 0 Å². The lowest BCUT2D eigenvalue weighted by Gasteiger charge is -2.36. The number of morpholine rings is 1. The number of nitrogens with zero attached hydrogens (tertiary/aromatic N) is 1. The largest absolute Gasteiger partial charge is 0.394 e. The van der Waals surface area contributed by atoms with Gasteiger partial charge in [0.1, 0.15) is 5.82 Å². The van der Waals surface area contributed by atoms with Gasteiger partial charge in [-0.05, 0) is 25.1 Å². The molecule has 2 unspecified atom stereocenters. The van der Waals surface area contributed by atoms with Gasteiger partial charge in [-0.25, -0.2) is 4.39 Å². The molecule has 1 aromatic rings. The van der Waals surface area contributed by atoms with Crippen LogP contribution in [0.5, 0.6) is 0 Å². The molecule has 1 aromatic carbocycles. The fourth-order valence-corrected chi connectivity index (χ4v) is 2.39. The molecule has 1 aliphatic heterocycles. The van der Waals surface area contributed by atoms with Gasteiger partial charge in [0, 0.05) is 13.1 Å². The van der Waals surface area contributed by atoms with E-state index in [1.165, 1.54) is 12.1 Å². The number of carbonyl (C=O) groups is 1. The number of hydrogen-bond acceptors (Lipinski definition) is 3. The first-order chi connectivity index (χ1) is 9.01. The third-order valence-corrected chi connectivity index (χ3v) is 3.29. The van der Waals surface area contributed by atoms with Crippen molar-refractivity contribution < 1.29 is 19.0 Å². The maximum Gasteiger partial charge on any atom is 0.255 e. The van der Waals surface area contributed by atoms with Crippen LogP contribution in [0.25, 0.3) is 0 Å². The second-order valence-electron chi connectivity index (χ2n) is 4.59. The maximum absolute atomic E-state index is 13.0. The Labute approximate surface area is 115 Å². The van der Waals surface area contributed by atoms with Crippen molar-refractivity contribution in [1.29, 1.82) is 0 Å². The number of halogens is 2. The molecule has 1 fully saturated rings. The summed E-state index contributed by atoms with van der Waals surface area (Å²) in [5, 5.41) is 9.22. The molecule has 0 bridgehead atoms. The van der Waals surface area contributed by atoms with E-state index >= 15 is 0 Å². The van der Waals surface area contributed by atoms with Gasteiger partial charge in [0.05, 0.1) is 29.4 Å². The van der Waals surface area contributed by atoms with Crippen LogP contribution in [0.1, 0.15) is 17.3 Å². The summed E-state index contributed by atoms with van der Waals surface area (Å²) in [6.07, 6.45) is -0.555. The Morgan fingerprint density at radius 1 is 1.58 bits per heavy atom. The number of benzene rings is 1. The van der Waals surface area contributed by atoms with E-state index in [9.17, 15) is 9.18 Å². The van der Waals surface area contributed by atoms with E-state index < -0.39 is 11.9 Å². The van der Waals surface area contributed by atoms with Gasteiger partial charge in [-0.15, -0.1) is 0 Å². The molecule has 0 spiro atoms. The second-order valence-corrected chi connectivity index (χ2v) is 4.99. The second kappa shape index (κ2) is 5.86. The number of carbonyl (C=O) groups excluding carboxylic acids is 1. The molecular weight excluding hydrogens is 273 g/mol. The Kier molecular flexibility index (Phi) is 4.39. The van der Waals surface area contributed by atoms with Crippen LogP contribution in [-0.2, 0) is 4.74 Å². The molecule has 1 heterocycles. The lowest BCUT2D eigenvalue weighted by molar-refractivity contribution is -0.0858. The normalized spacial score (nSPS) is 23.5. The third kappa shape index (κ3) is 3.23. The van der Waals surface area contributed by atoms with Gasteiger partial charge in [0.25, 0.3) is 5.91 Å². The van der Waals surface area contributed by atoms with Crippen LogP contribution in [0, 0.1) is 5.82 Å². The number of aliphatic hydroxyl groups is 1. The van der Waals surface area contributed by atoms with Crippen molar-refractivity contribution in [3.05, 3.63) is 34.6 Å². The fourth-order valence-electron chi connectivity index (χ4n) is 2.15. The van der Waals surface area contributed by atoms with Crippen LogP contribution >= 0.6 is 11.6 Å². The molecule has 0 aliphatic carbocycles. The van der Waals surface area contributed by atoms with Crippen LogP contribution in [0.3, 0.4) is 0 Å². The molecule has 2 atom stereocenters. The molecule has 2 rings (SSSR count). The predicted octanol–water partition coefficient (Wildman–Crippen LogP) is 1.70. The molecule has 0 radical (unpaired) electrons. The quantitative estimate of drug-likeness (QED) is 0.901. The van der Waals surface area contributed by atoms with E-state index in [1.54, 1.807) is 4.90 Å². The summed E-state index contributed by atoms with van der Waals surface area (Å²) in [5.74, 6) is -0.760. The van der Waals surface area contributed by atoms with Crippen LogP contribution in [0.4, 0.5) is 4.39 Å². The van der Waals surface area contributed by atoms with Gasteiger partial charge in [0.15, 0.2) is 0 Å². The summed E-state index contributed by atoms with van der Waals surface area (Å²) in [5.41, 5.74) is 0.258. The van der Waals surface area contributed by atoms with E-state index in [2.05, 4.69) is 0 Å². The third-order valence-electron chi connectivity index (χ3n) is 2.98. The average Bonchev–Trinajstić information content (AvgIpc) is 2.37. The van der Waals surface area contributed by atoms with Gasteiger partial charge < -0.3 is 14.7 Å². The van der Waals surface area contributed by atoms with Crippen molar-refractivity contribution in [2.75, 3.05) is 19.7 Å². The van der Waals surface area contributed by atoms with Gasteiger partial charge in [-0.3, -0.25) is 4.79 Å². The molecule has 104 valence electrons. The van der Waals surface area contributed by atoms with E-state index in [0.717, 1.165) is 6.07 Å². The molecule has 1 amide bonds. The van der Waals surface area contributed by atoms with Gasteiger partial charge in [-0.2, -0.15) is 0 Å². The Morgan fingerprint density at radius 3 is 2.95 bits per heavy atom. The summed E-state index contributed by atoms with van der Waals surface area (Å²) < 4.78 is 18.4. The van der Waals surface area contributed by atoms with Crippen LogP contribution in [0.15, 0.2) is 18.2 Å². The zero-order valence-electron chi connectivity index (χ0n) is 10.5. The number of amides is 1. The highest BCUT2D eigenvalue weighted by molar-refractivity contribution is 6.33. The van der Waals surface area contributed by atoms with Gasteiger partial charge in [0.2, 0.25) is 0 Å². The Bertz CT molecular complexity index is 483. The minimum atomic E-state index is -0.481. The van der Waals surface area contributed by atoms with Crippen molar-refractivity contribution >= 4 is 17.5 Å². The summed E-state index contributed by atoms with van der Waals surface area (Å²) in [6.45, 7) is 2.40. The highest BCUT2D eigenvalue weighted by Crippen LogP contribution is 2.21. The molecule has 0 aromatic heterocycles. The summed E-state index contributed by atoms with van der Waals surface area (Å²) in [6, 6.07) is 3.68.